The third-order valence-corrected chi connectivity index (χ3v) is 4.81. The van der Waals surface area contributed by atoms with Gasteiger partial charge in [0.05, 0.1) is 35.6 Å². The molecule has 0 fully saturated rings. The zero-order valence-electron chi connectivity index (χ0n) is 15.9. The van der Waals surface area contributed by atoms with Crippen molar-refractivity contribution in [2.45, 2.75) is 6.42 Å². The standard InChI is InChI=1S/C21H20N6O2/c1-28-15-7-8-18-21(9-15)27(24)19(10-20-17(11-22)25-13-26(18)20)16(23)12-29-14-5-3-2-4-6-14/h2-9,13H,10,12,23-24H2,1H3/b19-16-. The van der Waals surface area contributed by atoms with Crippen molar-refractivity contribution in [2.75, 3.05) is 18.7 Å². The largest absolute Gasteiger partial charge is 0.497 e. The molecule has 0 atom stereocenters. The summed E-state index contributed by atoms with van der Waals surface area (Å²) in [6.45, 7) is 0.155. The lowest BCUT2D eigenvalue weighted by atomic mass is 10.1. The molecule has 2 aromatic carbocycles. The van der Waals surface area contributed by atoms with Crippen LogP contribution < -0.4 is 26.1 Å². The lowest BCUT2D eigenvalue weighted by molar-refractivity contribution is 0.348. The molecular formula is C21H20N6O2. The van der Waals surface area contributed by atoms with Crippen LogP contribution >= 0.6 is 0 Å². The predicted molar refractivity (Wildman–Crippen MR) is 108 cm³/mol. The van der Waals surface area contributed by atoms with Gasteiger partial charge >= 0.3 is 0 Å². The van der Waals surface area contributed by atoms with Gasteiger partial charge in [-0.2, -0.15) is 5.26 Å². The van der Waals surface area contributed by atoms with E-state index in [4.69, 9.17) is 21.1 Å². The van der Waals surface area contributed by atoms with Crippen molar-refractivity contribution in [2.24, 2.45) is 11.6 Å². The molecule has 0 spiro atoms. The third kappa shape index (κ3) is 3.35. The molecule has 0 radical (unpaired) electrons. The molecule has 4 N–H and O–H groups in total. The maximum atomic E-state index is 9.48. The molecule has 29 heavy (non-hydrogen) atoms. The number of rotatable bonds is 4. The van der Waals surface area contributed by atoms with Gasteiger partial charge < -0.3 is 15.2 Å². The summed E-state index contributed by atoms with van der Waals surface area (Å²) in [7, 11) is 1.59. The van der Waals surface area contributed by atoms with Crippen molar-refractivity contribution >= 4 is 5.69 Å². The Morgan fingerprint density at radius 2 is 1.97 bits per heavy atom. The van der Waals surface area contributed by atoms with Crippen molar-refractivity contribution < 1.29 is 9.47 Å². The molecular weight excluding hydrogens is 368 g/mol. The van der Waals surface area contributed by atoms with Gasteiger partial charge in [0.2, 0.25) is 0 Å². The van der Waals surface area contributed by atoms with Crippen molar-refractivity contribution in [3.8, 4) is 23.3 Å². The van der Waals surface area contributed by atoms with Gasteiger partial charge in [-0.1, -0.05) is 18.2 Å². The monoisotopic (exact) mass is 388 g/mol. The minimum absolute atomic E-state index is 0.155. The molecule has 0 aliphatic carbocycles. The molecule has 3 aromatic rings. The van der Waals surface area contributed by atoms with Crippen LogP contribution in [0, 0.1) is 11.3 Å². The molecule has 1 aliphatic heterocycles. The first-order chi connectivity index (χ1) is 14.1. The number of hydrazine groups is 1. The van der Waals surface area contributed by atoms with E-state index in [0.717, 1.165) is 5.69 Å². The fourth-order valence-corrected chi connectivity index (χ4v) is 3.29. The number of imidazole rings is 1. The fourth-order valence-electron chi connectivity index (χ4n) is 3.29. The average Bonchev–Trinajstić information content (AvgIpc) is 3.13. The Bertz CT molecular complexity index is 1110. The molecule has 8 nitrogen and oxygen atoms in total. The minimum atomic E-state index is 0.155. The second kappa shape index (κ2) is 7.58. The van der Waals surface area contributed by atoms with Gasteiger partial charge in [-0.25, -0.2) is 10.8 Å². The summed E-state index contributed by atoms with van der Waals surface area (Å²) >= 11 is 0. The molecule has 1 aromatic heterocycles. The number of fused-ring (bicyclic) bond motifs is 3. The summed E-state index contributed by atoms with van der Waals surface area (Å²) in [5.41, 5.74) is 9.99. The van der Waals surface area contributed by atoms with Gasteiger partial charge in [0.1, 0.15) is 30.5 Å². The molecule has 4 rings (SSSR count). The maximum absolute atomic E-state index is 9.48. The van der Waals surface area contributed by atoms with Gasteiger partial charge in [0.25, 0.3) is 0 Å². The summed E-state index contributed by atoms with van der Waals surface area (Å²) in [5, 5.41) is 11.0. The average molecular weight is 388 g/mol. The highest BCUT2D eigenvalue weighted by molar-refractivity contribution is 5.70. The molecule has 0 amide bonds. The van der Waals surface area contributed by atoms with Crippen LogP contribution in [-0.4, -0.2) is 23.3 Å². The van der Waals surface area contributed by atoms with Crippen LogP contribution in [0.5, 0.6) is 11.5 Å². The third-order valence-electron chi connectivity index (χ3n) is 4.81. The Morgan fingerprint density at radius 1 is 1.17 bits per heavy atom. The predicted octanol–water partition coefficient (Wildman–Crippen LogP) is 2.24. The second-order valence-electron chi connectivity index (χ2n) is 6.50. The summed E-state index contributed by atoms with van der Waals surface area (Å²) in [6, 6.07) is 17.1. The number of benzene rings is 2. The van der Waals surface area contributed by atoms with E-state index >= 15 is 0 Å². The van der Waals surface area contributed by atoms with Crippen LogP contribution in [0.4, 0.5) is 5.69 Å². The van der Waals surface area contributed by atoms with Crippen LogP contribution in [0.15, 0.2) is 66.3 Å². The SMILES string of the molecule is COc1ccc2c(c1)N(N)/C(=C(\N)COc1ccccc1)Cc1c(C#N)ncn1-2. The van der Waals surface area contributed by atoms with Crippen molar-refractivity contribution in [3.63, 3.8) is 0 Å². The fraction of sp³-hybridized carbons (Fsp3) is 0.143. The van der Waals surface area contributed by atoms with E-state index in [9.17, 15) is 5.26 Å². The number of allylic oxidation sites excluding steroid dienone is 1. The minimum Gasteiger partial charge on any atom is -0.497 e. The molecule has 0 saturated carbocycles. The normalized spacial score (nSPS) is 14.3. The number of nitrogens with two attached hydrogens (primary N) is 2. The van der Waals surface area contributed by atoms with E-state index in [1.807, 2.05) is 53.1 Å². The zero-order valence-corrected chi connectivity index (χ0v) is 15.9. The number of anilines is 1. The molecule has 0 unspecified atom stereocenters. The van der Waals surface area contributed by atoms with E-state index in [-0.39, 0.29) is 6.61 Å². The van der Waals surface area contributed by atoms with Gasteiger partial charge in [-0.15, -0.1) is 0 Å². The maximum Gasteiger partial charge on any atom is 0.162 e. The smallest absolute Gasteiger partial charge is 0.162 e. The van der Waals surface area contributed by atoms with Gasteiger partial charge in [0.15, 0.2) is 5.69 Å². The summed E-state index contributed by atoms with van der Waals surface area (Å²) < 4.78 is 13.0. The van der Waals surface area contributed by atoms with Gasteiger partial charge in [-0.05, 0) is 24.3 Å². The van der Waals surface area contributed by atoms with E-state index in [1.165, 1.54) is 5.01 Å². The number of nitrogens with zero attached hydrogens (tertiary/aromatic N) is 4. The number of ether oxygens (including phenoxy) is 2. The first-order valence-electron chi connectivity index (χ1n) is 8.97. The van der Waals surface area contributed by atoms with Crippen molar-refractivity contribution in [1.29, 1.82) is 5.26 Å². The summed E-state index contributed by atoms with van der Waals surface area (Å²) in [4.78, 5) is 4.23. The van der Waals surface area contributed by atoms with Crippen LogP contribution in [0.1, 0.15) is 11.4 Å². The Kier molecular flexibility index (Phi) is 4.81. The zero-order chi connectivity index (χ0) is 20.4. The van der Waals surface area contributed by atoms with E-state index in [2.05, 4.69) is 11.1 Å². The van der Waals surface area contributed by atoms with Crippen LogP contribution in [0.2, 0.25) is 0 Å². The number of hydrogen-bond acceptors (Lipinski definition) is 7. The molecule has 2 heterocycles. The number of hydrogen-bond donors (Lipinski definition) is 2. The topological polar surface area (TPSA) is 115 Å². The van der Waals surface area contributed by atoms with E-state index in [0.29, 0.717) is 46.4 Å². The second-order valence-corrected chi connectivity index (χ2v) is 6.50. The van der Waals surface area contributed by atoms with Crippen molar-refractivity contribution in [1.82, 2.24) is 9.55 Å². The highest BCUT2D eigenvalue weighted by Gasteiger charge is 2.26. The highest BCUT2D eigenvalue weighted by Crippen LogP contribution is 2.35. The van der Waals surface area contributed by atoms with Crippen molar-refractivity contribution in [3.05, 3.63) is 77.6 Å². The molecule has 146 valence electrons. The summed E-state index contributed by atoms with van der Waals surface area (Å²) in [6.07, 6.45) is 1.95. The first kappa shape index (κ1) is 18.4. The number of aromatic nitrogens is 2. The molecule has 8 heteroatoms. The van der Waals surface area contributed by atoms with Crippen LogP contribution in [0.3, 0.4) is 0 Å². The van der Waals surface area contributed by atoms with E-state index in [1.54, 1.807) is 13.4 Å². The highest BCUT2D eigenvalue weighted by atomic mass is 16.5. The number of methoxy groups -OCH3 is 1. The Hall–Kier alpha value is -3.96. The summed E-state index contributed by atoms with van der Waals surface area (Å²) in [5.74, 6) is 7.84. The first-order valence-corrected chi connectivity index (χ1v) is 8.97. The van der Waals surface area contributed by atoms with Crippen LogP contribution in [0.25, 0.3) is 5.69 Å². The van der Waals surface area contributed by atoms with Crippen LogP contribution in [-0.2, 0) is 6.42 Å². The Morgan fingerprint density at radius 3 is 2.69 bits per heavy atom. The Balaban J connectivity index is 1.79. The molecule has 0 bridgehead atoms. The number of nitriles is 1. The quantitative estimate of drug-likeness (QED) is 0.659. The lowest BCUT2D eigenvalue weighted by Gasteiger charge is -2.24. The van der Waals surface area contributed by atoms with Gasteiger partial charge in [0, 0.05) is 12.5 Å². The Labute approximate surface area is 168 Å². The lowest BCUT2D eigenvalue weighted by Crippen LogP contribution is -2.34. The van der Waals surface area contributed by atoms with Gasteiger partial charge in [-0.3, -0.25) is 9.58 Å². The molecule has 0 saturated heterocycles. The number of para-hydroxylation sites is 1. The van der Waals surface area contributed by atoms with E-state index < -0.39 is 0 Å². The molecule has 1 aliphatic rings.